The molecule has 27 heavy (non-hydrogen) atoms. The third-order valence-corrected chi connectivity index (χ3v) is 7.06. The lowest BCUT2D eigenvalue weighted by molar-refractivity contribution is 0.472. The van der Waals surface area contributed by atoms with Gasteiger partial charge in [-0.05, 0) is 50.7 Å². The summed E-state index contributed by atoms with van der Waals surface area (Å²) in [5.41, 5.74) is 1.14. The second-order valence-corrected chi connectivity index (χ2v) is 9.07. The van der Waals surface area contributed by atoms with Crippen molar-refractivity contribution < 1.29 is 0 Å². The van der Waals surface area contributed by atoms with E-state index in [9.17, 15) is 0 Å². The van der Waals surface area contributed by atoms with Gasteiger partial charge >= 0.3 is 0 Å². The van der Waals surface area contributed by atoms with E-state index in [1.165, 1.54) is 28.5 Å². The minimum absolute atomic E-state index is 0.738. The third kappa shape index (κ3) is 6.54. The van der Waals surface area contributed by atoms with Crippen molar-refractivity contribution in [1.82, 2.24) is 15.2 Å². The first-order valence-electron chi connectivity index (χ1n) is 9.79. The molecule has 0 saturated carbocycles. The van der Waals surface area contributed by atoms with E-state index in [0.29, 0.717) is 0 Å². The first kappa shape index (κ1) is 20.2. The van der Waals surface area contributed by atoms with Crippen molar-refractivity contribution in [2.75, 3.05) is 32.4 Å². The van der Waals surface area contributed by atoms with E-state index in [1.54, 1.807) is 11.3 Å². The molecule has 1 fully saturated rings. The fourth-order valence-electron chi connectivity index (χ4n) is 3.34. The summed E-state index contributed by atoms with van der Waals surface area (Å²) in [7, 11) is 1.90. The van der Waals surface area contributed by atoms with Crippen LogP contribution in [0.2, 0.25) is 0 Å². The summed E-state index contributed by atoms with van der Waals surface area (Å²) in [5.74, 6) is 2.99. The highest BCUT2D eigenvalue weighted by atomic mass is 32.2. The number of likely N-dealkylation sites (tertiary alicyclic amines) is 1. The Balaban J connectivity index is 1.33. The molecule has 3 rings (SSSR count). The van der Waals surface area contributed by atoms with Gasteiger partial charge in [-0.3, -0.25) is 4.99 Å². The normalized spacial score (nSPS) is 17.5. The molecule has 1 unspecified atom stereocenters. The Morgan fingerprint density at radius 1 is 1.33 bits per heavy atom. The standard InChI is InChI=1S/C21H30N4S2/c1-17-15-27-20(24-17)10-6-7-12-23-21(22-2)25-13-11-18(14-25)16-26-19-8-4-3-5-9-19/h3-5,8-9,15,18H,6-7,10-14,16H2,1-2H3,(H,22,23). The average molecular weight is 403 g/mol. The highest BCUT2D eigenvalue weighted by Gasteiger charge is 2.24. The quantitative estimate of drug-likeness (QED) is 0.306. The van der Waals surface area contributed by atoms with Crippen LogP contribution in [-0.4, -0.2) is 48.3 Å². The van der Waals surface area contributed by atoms with Crippen molar-refractivity contribution in [3.63, 3.8) is 0 Å². The minimum atomic E-state index is 0.738. The molecule has 0 spiro atoms. The smallest absolute Gasteiger partial charge is 0.193 e. The molecule has 6 heteroatoms. The number of thioether (sulfide) groups is 1. The monoisotopic (exact) mass is 402 g/mol. The highest BCUT2D eigenvalue weighted by Crippen LogP contribution is 2.25. The Labute approximate surface area is 171 Å². The zero-order valence-electron chi connectivity index (χ0n) is 16.4. The number of guanidine groups is 1. The molecule has 2 heterocycles. The lowest BCUT2D eigenvalue weighted by Crippen LogP contribution is -2.40. The number of rotatable bonds is 8. The lowest BCUT2D eigenvalue weighted by Gasteiger charge is -2.21. The molecule has 2 aromatic rings. The van der Waals surface area contributed by atoms with Crippen LogP contribution in [0.1, 0.15) is 30.0 Å². The number of benzene rings is 1. The van der Waals surface area contributed by atoms with E-state index in [-0.39, 0.29) is 0 Å². The molecule has 146 valence electrons. The molecule has 1 aromatic heterocycles. The van der Waals surface area contributed by atoms with Crippen molar-refractivity contribution in [2.45, 2.75) is 37.5 Å². The Bertz CT molecular complexity index is 714. The zero-order chi connectivity index (χ0) is 18.9. The molecule has 0 radical (unpaired) electrons. The van der Waals surface area contributed by atoms with E-state index in [1.807, 2.05) is 18.8 Å². The second-order valence-electron chi connectivity index (χ2n) is 7.04. The van der Waals surface area contributed by atoms with E-state index < -0.39 is 0 Å². The number of nitrogens with one attached hydrogen (secondary N) is 1. The molecular formula is C21H30N4S2. The van der Waals surface area contributed by atoms with Crippen LogP contribution in [-0.2, 0) is 6.42 Å². The molecule has 1 aliphatic heterocycles. The predicted octanol–water partition coefficient (Wildman–Crippen LogP) is 4.46. The molecule has 1 N–H and O–H groups in total. The van der Waals surface area contributed by atoms with E-state index >= 15 is 0 Å². The van der Waals surface area contributed by atoms with Crippen molar-refractivity contribution in [3.05, 3.63) is 46.4 Å². The van der Waals surface area contributed by atoms with E-state index in [2.05, 4.69) is 62.8 Å². The van der Waals surface area contributed by atoms with Gasteiger partial charge in [0.2, 0.25) is 0 Å². The molecule has 0 bridgehead atoms. The average Bonchev–Trinajstić information content (AvgIpc) is 3.33. The van der Waals surface area contributed by atoms with Crippen molar-refractivity contribution in [1.29, 1.82) is 0 Å². The van der Waals surface area contributed by atoms with Gasteiger partial charge in [0.1, 0.15) is 0 Å². The maximum absolute atomic E-state index is 4.53. The maximum Gasteiger partial charge on any atom is 0.193 e. The molecule has 4 nitrogen and oxygen atoms in total. The van der Waals surface area contributed by atoms with Gasteiger partial charge in [-0.1, -0.05) is 18.2 Å². The van der Waals surface area contributed by atoms with Gasteiger partial charge in [-0.25, -0.2) is 4.98 Å². The van der Waals surface area contributed by atoms with Crippen LogP contribution in [0.3, 0.4) is 0 Å². The van der Waals surface area contributed by atoms with Crippen molar-refractivity contribution in [3.8, 4) is 0 Å². The van der Waals surface area contributed by atoms with Gasteiger partial charge in [-0.15, -0.1) is 23.1 Å². The number of aromatic nitrogens is 1. The van der Waals surface area contributed by atoms with Crippen LogP contribution < -0.4 is 5.32 Å². The topological polar surface area (TPSA) is 40.5 Å². The Morgan fingerprint density at radius 3 is 2.93 bits per heavy atom. The summed E-state index contributed by atoms with van der Waals surface area (Å²) in [5, 5.41) is 6.94. The van der Waals surface area contributed by atoms with Gasteiger partial charge in [0.25, 0.3) is 0 Å². The van der Waals surface area contributed by atoms with Crippen LogP contribution in [0.4, 0.5) is 0 Å². The van der Waals surface area contributed by atoms with Gasteiger partial charge in [-0.2, -0.15) is 0 Å². The number of hydrogen-bond acceptors (Lipinski definition) is 4. The van der Waals surface area contributed by atoms with Gasteiger partial charge in [0, 0.05) is 48.4 Å². The third-order valence-electron chi connectivity index (χ3n) is 4.79. The summed E-state index contributed by atoms with van der Waals surface area (Å²) in [6, 6.07) is 10.7. The number of thiazole rings is 1. The number of aliphatic imine (C=N–C) groups is 1. The fourth-order valence-corrected chi connectivity index (χ4v) is 5.21. The highest BCUT2D eigenvalue weighted by molar-refractivity contribution is 7.99. The van der Waals surface area contributed by atoms with Crippen LogP contribution in [0, 0.1) is 12.8 Å². The zero-order valence-corrected chi connectivity index (χ0v) is 18.0. The Hall–Kier alpha value is -1.53. The van der Waals surface area contributed by atoms with Gasteiger partial charge in [0.15, 0.2) is 5.96 Å². The Morgan fingerprint density at radius 2 is 2.19 bits per heavy atom. The maximum atomic E-state index is 4.53. The first-order chi connectivity index (χ1) is 13.2. The summed E-state index contributed by atoms with van der Waals surface area (Å²) in [6.45, 7) is 5.26. The molecule has 1 saturated heterocycles. The first-order valence-corrected chi connectivity index (χ1v) is 11.7. The molecule has 1 aliphatic rings. The molecule has 0 amide bonds. The van der Waals surface area contributed by atoms with Gasteiger partial charge < -0.3 is 10.2 Å². The number of aryl methyl sites for hydroxylation is 2. The second kappa shape index (κ2) is 10.7. The van der Waals surface area contributed by atoms with E-state index in [4.69, 9.17) is 0 Å². The lowest BCUT2D eigenvalue weighted by atomic mass is 10.2. The van der Waals surface area contributed by atoms with Gasteiger partial charge in [0.05, 0.1) is 5.01 Å². The molecular weight excluding hydrogens is 372 g/mol. The molecule has 0 aliphatic carbocycles. The fraction of sp³-hybridized carbons (Fsp3) is 0.524. The van der Waals surface area contributed by atoms with Crippen LogP contribution in [0.25, 0.3) is 0 Å². The Kier molecular flexibility index (Phi) is 8.02. The SMILES string of the molecule is CN=C(NCCCCc1nc(C)cs1)N1CCC(CSc2ccccc2)C1. The number of nitrogens with zero attached hydrogens (tertiary/aromatic N) is 3. The van der Waals surface area contributed by atoms with Crippen LogP contribution in [0.5, 0.6) is 0 Å². The largest absolute Gasteiger partial charge is 0.356 e. The van der Waals surface area contributed by atoms with Crippen LogP contribution >= 0.6 is 23.1 Å². The summed E-state index contributed by atoms with van der Waals surface area (Å²) < 4.78 is 0. The molecule has 1 atom stereocenters. The van der Waals surface area contributed by atoms with Crippen molar-refractivity contribution in [2.24, 2.45) is 10.9 Å². The summed E-state index contributed by atoms with van der Waals surface area (Å²) >= 11 is 3.75. The van der Waals surface area contributed by atoms with E-state index in [0.717, 1.165) is 50.0 Å². The van der Waals surface area contributed by atoms with Crippen LogP contribution in [0.15, 0.2) is 45.6 Å². The predicted molar refractivity (Wildman–Crippen MR) is 118 cm³/mol. The molecule has 1 aromatic carbocycles. The van der Waals surface area contributed by atoms with Crippen molar-refractivity contribution >= 4 is 29.1 Å². The minimum Gasteiger partial charge on any atom is -0.356 e. The number of unbranched alkanes of at least 4 members (excludes halogenated alkanes) is 1. The summed E-state index contributed by atoms with van der Waals surface area (Å²) in [4.78, 5) is 12.8. The number of hydrogen-bond donors (Lipinski definition) is 1. The summed E-state index contributed by atoms with van der Waals surface area (Å²) in [6.07, 6.45) is 4.66.